The van der Waals surface area contributed by atoms with Crippen molar-refractivity contribution in [2.45, 2.75) is 32.9 Å². The summed E-state index contributed by atoms with van der Waals surface area (Å²) < 4.78 is 5.25. The van der Waals surface area contributed by atoms with Crippen LogP contribution < -0.4 is 5.32 Å². The fourth-order valence-corrected chi connectivity index (χ4v) is 2.07. The van der Waals surface area contributed by atoms with Crippen LogP contribution in [0.4, 0.5) is 0 Å². The first kappa shape index (κ1) is 22.0. The van der Waals surface area contributed by atoms with E-state index in [1.54, 1.807) is 7.05 Å². The maximum Gasteiger partial charge on any atom is 0.325 e. The van der Waals surface area contributed by atoms with Gasteiger partial charge >= 0.3 is 5.97 Å². The van der Waals surface area contributed by atoms with E-state index in [1.807, 2.05) is 57.0 Å². The molecular weight excluding hydrogens is 429 g/mol. The standard InChI is InChI=1S/C16H24ClN3O2.HI/c1-16(2,3)22-14(21)10-19-15(18-4)20(5)11-12-8-6-7-9-13(12)17;/h6-9H,10-11H2,1-5H3,(H,18,19);1H. The van der Waals surface area contributed by atoms with Crippen LogP contribution in [0.15, 0.2) is 29.3 Å². The van der Waals surface area contributed by atoms with E-state index in [-0.39, 0.29) is 36.5 Å². The predicted octanol–water partition coefficient (Wildman–Crippen LogP) is 3.31. The molecule has 0 bridgehead atoms. The van der Waals surface area contributed by atoms with E-state index in [4.69, 9.17) is 16.3 Å². The number of guanidine groups is 1. The number of esters is 1. The average molecular weight is 454 g/mol. The number of carbonyl (C=O) groups excluding carboxylic acids is 1. The Bertz CT molecular complexity index is 544. The maximum absolute atomic E-state index is 11.7. The number of nitrogens with one attached hydrogen (secondary N) is 1. The van der Waals surface area contributed by atoms with Gasteiger partial charge in [-0.15, -0.1) is 24.0 Å². The Morgan fingerprint density at radius 1 is 1.35 bits per heavy atom. The van der Waals surface area contributed by atoms with E-state index in [0.717, 1.165) is 5.56 Å². The minimum atomic E-state index is -0.494. The first-order valence-electron chi connectivity index (χ1n) is 7.10. The van der Waals surface area contributed by atoms with Crippen molar-refractivity contribution in [1.82, 2.24) is 10.2 Å². The largest absolute Gasteiger partial charge is 0.459 e. The summed E-state index contributed by atoms with van der Waals surface area (Å²) >= 11 is 6.16. The molecule has 1 aromatic carbocycles. The van der Waals surface area contributed by atoms with Crippen LogP contribution in [-0.4, -0.2) is 43.1 Å². The van der Waals surface area contributed by atoms with Gasteiger partial charge in [-0.1, -0.05) is 29.8 Å². The third kappa shape index (κ3) is 8.41. The van der Waals surface area contributed by atoms with Gasteiger partial charge in [-0.25, -0.2) is 0 Å². The molecular formula is C16H25ClIN3O2. The Morgan fingerprint density at radius 3 is 2.48 bits per heavy atom. The second-order valence-electron chi connectivity index (χ2n) is 5.93. The molecule has 0 aliphatic carbocycles. The van der Waals surface area contributed by atoms with Crippen LogP contribution >= 0.6 is 35.6 Å². The molecule has 0 spiro atoms. The monoisotopic (exact) mass is 453 g/mol. The maximum atomic E-state index is 11.7. The molecule has 1 rings (SSSR count). The van der Waals surface area contributed by atoms with Gasteiger partial charge in [-0.05, 0) is 32.4 Å². The van der Waals surface area contributed by atoms with Crippen LogP contribution in [0.3, 0.4) is 0 Å². The van der Waals surface area contributed by atoms with Crippen molar-refractivity contribution < 1.29 is 9.53 Å². The predicted molar refractivity (Wildman–Crippen MR) is 106 cm³/mol. The normalized spacial score (nSPS) is 11.5. The van der Waals surface area contributed by atoms with Crippen LogP contribution in [0, 0.1) is 0 Å². The fourth-order valence-electron chi connectivity index (χ4n) is 1.87. The van der Waals surface area contributed by atoms with Gasteiger partial charge in [-0.3, -0.25) is 9.79 Å². The van der Waals surface area contributed by atoms with Crippen LogP contribution in [-0.2, 0) is 16.1 Å². The smallest absolute Gasteiger partial charge is 0.325 e. The van der Waals surface area contributed by atoms with Crippen molar-refractivity contribution in [1.29, 1.82) is 0 Å². The van der Waals surface area contributed by atoms with Gasteiger partial charge < -0.3 is 15.0 Å². The van der Waals surface area contributed by atoms with E-state index in [0.29, 0.717) is 17.5 Å². The van der Waals surface area contributed by atoms with Crippen LogP contribution in [0.2, 0.25) is 5.02 Å². The van der Waals surface area contributed by atoms with Gasteiger partial charge in [0.05, 0.1) is 0 Å². The van der Waals surface area contributed by atoms with Crippen molar-refractivity contribution in [3.05, 3.63) is 34.9 Å². The summed E-state index contributed by atoms with van der Waals surface area (Å²) in [6, 6.07) is 7.63. The third-order valence-corrected chi connectivity index (χ3v) is 3.12. The summed E-state index contributed by atoms with van der Waals surface area (Å²) in [6.07, 6.45) is 0. The molecule has 1 aromatic rings. The lowest BCUT2D eigenvalue weighted by Crippen LogP contribution is -2.42. The lowest BCUT2D eigenvalue weighted by molar-refractivity contribution is -0.153. The summed E-state index contributed by atoms with van der Waals surface area (Å²) in [5.41, 5.74) is 0.498. The van der Waals surface area contributed by atoms with Crippen LogP contribution in [0.5, 0.6) is 0 Å². The Balaban J connectivity index is 0.00000484. The van der Waals surface area contributed by atoms with Crippen LogP contribution in [0.1, 0.15) is 26.3 Å². The number of rotatable bonds is 4. The zero-order valence-corrected chi connectivity index (χ0v) is 17.3. The van der Waals surface area contributed by atoms with Crippen molar-refractivity contribution in [2.24, 2.45) is 4.99 Å². The molecule has 0 aromatic heterocycles. The lowest BCUT2D eigenvalue weighted by Gasteiger charge is -2.24. The topological polar surface area (TPSA) is 53.9 Å². The molecule has 0 amide bonds. The Hall–Kier alpha value is -1.02. The van der Waals surface area contributed by atoms with Gasteiger partial charge in [0.2, 0.25) is 0 Å². The van der Waals surface area contributed by atoms with Crippen molar-refractivity contribution in [3.8, 4) is 0 Å². The number of ether oxygens (including phenoxy) is 1. The zero-order chi connectivity index (χ0) is 16.8. The van der Waals surface area contributed by atoms with Gasteiger partial charge in [-0.2, -0.15) is 0 Å². The second kappa shape index (κ2) is 9.97. The summed E-state index contributed by atoms with van der Waals surface area (Å²) in [5, 5.41) is 3.70. The average Bonchev–Trinajstić information content (AvgIpc) is 2.40. The molecule has 0 unspecified atom stereocenters. The first-order chi connectivity index (χ1) is 10.2. The van der Waals surface area contributed by atoms with E-state index in [9.17, 15) is 4.79 Å². The highest BCUT2D eigenvalue weighted by atomic mass is 127. The summed E-state index contributed by atoms with van der Waals surface area (Å²) in [5.74, 6) is 0.283. The minimum Gasteiger partial charge on any atom is -0.459 e. The SMILES string of the molecule is CN=C(NCC(=O)OC(C)(C)C)N(C)Cc1ccccc1Cl.I. The third-order valence-electron chi connectivity index (χ3n) is 2.75. The molecule has 0 atom stereocenters. The Kier molecular flexibility index (Phi) is 9.53. The van der Waals surface area contributed by atoms with Crippen molar-refractivity contribution >= 4 is 47.5 Å². The molecule has 0 aliphatic heterocycles. The molecule has 23 heavy (non-hydrogen) atoms. The lowest BCUT2D eigenvalue weighted by atomic mass is 10.2. The number of halogens is 2. The molecule has 0 radical (unpaired) electrons. The quantitative estimate of drug-likeness (QED) is 0.329. The zero-order valence-electron chi connectivity index (χ0n) is 14.2. The molecule has 0 heterocycles. The summed E-state index contributed by atoms with van der Waals surface area (Å²) in [6.45, 7) is 6.17. The molecule has 0 fully saturated rings. The van der Waals surface area contributed by atoms with E-state index < -0.39 is 5.60 Å². The summed E-state index contributed by atoms with van der Waals surface area (Å²) in [4.78, 5) is 17.8. The number of aliphatic imine (C=N–C) groups is 1. The van der Waals surface area contributed by atoms with Gasteiger partial charge in [0.25, 0.3) is 0 Å². The van der Waals surface area contributed by atoms with Crippen molar-refractivity contribution in [3.63, 3.8) is 0 Å². The first-order valence-corrected chi connectivity index (χ1v) is 7.48. The highest BCUT2D eigenvalue weighted by Gasteiger charge is 2.17. The van der Waals surface area contributed by atoms with Crippen LogP contribution in [0.25, 0.3) is 0 Å². The molecule has 7 heteroatoms. The molecule has 5 nitrogen and oxygen atoms in total. The molecule has 0 aliphatic rings. The molecule has 0 saturated carbocycles. The fraction of sp³-hybridized carbons (Fsp3) is 0.500. The van der Waals surface area contributed by atoms with Crippen molar-refractivity contribution in [2.75, 3.05) is 20.6 Å². The summed E-state index contributed by atoms with van der Waals surface area (Å²) in [7, 11) is 3.55. The van der Waals surface area contributed by atoms with Gasteiger partial charge in [0.15, 0.2) is 5.96 Å². The second-order valence-corrected chi connectivity index (χ2v) is 6.34. The highest BCUT2D eigenvalue weighted by Crippen LogP contribution is 2.16. The minimum absolute atomic E-state index is 0. The Labute approximate surface area is 160 Å². The molecule has 130 valence electrons. The van der Waals surface area contributed by atoms with Gasteiger partial charge in [0, 0.05) is 25.7 Å². The number of benzene rings is 1. The van der Waals surface area contributed by atoms with E-state index >= 15 is 0 Å². The number of hydrogen-bond donors (Lipinski definition) is 1. The Morgan fingerprint density at radius 2 is 1.96 bits per heavy atom. The molecule has 0 saturated heterocycles. The number of carbonyl (C=O) groups is 1. The number of hydrogen-bond acceptors (Lipinski definition) is 3. The van der Waals surface area contributed by atoms with Gasteiger partial charge in [0.1, 0.15) is 12.1 Å². The highest BCUT2D eigenvalue weighted by molar-refractivity contribution is 14.0. The molecule has 1 N–H and O–H groups in total. The van der Waals surface area contributed by atoms with E-state index in [1.165, 1.54) is 0 Å². The van der Waals surface area contributed by atoms with E-state index in [2.05, 4.69) is 10.3 Å². The number of nitrogens with zero attached hydrogens (tertiary/aromatic N) is 2.